The van der Waals surface area contributed by atoms with E-state index in [4.69, 9.17) is 11.6 Å². The van der Waals surface area contributed by atoms with Gasteiger partial charge >= 0.3 is 0 Å². The molecule has 1 N–H and O–H groups in total. The van der Waals surface area contributed by atoms with Crippen molar-refractivity contribution < 1.29 is 0 Å². The summed E-state index contributed by atoms with van der Waals surface area (Å²) in [5.74, 6) is 0. The summed E-state index contributed by atoms with van der Waals surface area (Å²) in [6.07, 6.45) is 1.83. The van der Waals surface area contributed by atoms with Crippen LogP contribution in [-0.2, 0) is 12.1 Å². The topological polar surface area (TPSA) is 24.9 Å². The monoisotopic (exact) mass is 344 g/mol. The van der Waals surface area contributed by atoms with Crippen molar-refractivity contribution >= 4 is 38.9 Å². The SMILES string of the molecule is CC(C)(NCc1ccc(Cl)cc1Br)c1nccs1. The quantitative estimate of drug-likeness (QED) is 0.877. The summed E-state index contributed by atoms with van der Waals surface area (Å²) in [6.45, 7) is 5.04. The highest BCUT2D eigenvalue weighted by Gasteiger charge is 2.22. The lowest BCUT2D eigenvalue weighted by molar-refractivity contribution is 0.399. The predicted octanol–water partition coefficient (Wildman–Crippen LogP) is 4.58. The molecule has 0 aliphatic carbocycles. The summed E-state index contributed by atoms with van der Waals surface area (Å²) in [7, 11) is 0. The normalized spacial score (nSPS) is 11.8. The number of rotatable bonds is 4. The first kappa shape index (κ1) is 14.0. The van der Waals surface area contributed by atoms with Crippen LogP contribution in [-0.4, -0.2) is 4.98 Å². The van der Waals surface area contributed by atoms with E-state index < -0.39 is 0 Å². The largest absolute Gasteiger partial charge is 0.302 e. The molecule has 1 aromatic heterocycles. The molecule has 1 aromatic carbocycles. The molecule has 0 unspecified atom stereocenters. The van der Waals surface area contributed by atoms with Crippen molar-refractivity contribution in [3.8, 4) is 0 Å². The van der Waals surface area contributed by atoms with Crippen molar-refractivity contribution in [3.63, 3.8) is 0 Å². The van der Waals surface area contributed by atoms with Crippen LogP contribution < -0.4 is 5.32 Å². The number of aromatic nitrogens is 1. The highest BCUT2D eigenvalue weighted by atomic mass is 79.9. The Morgan fingerprint density at radius 2 is 2.22 bits per heavy atom. The Morgan fingerprint density at radius 1 is 1.44 bits per heavy atom. The number of hydrogen-bond acceptors (Lipinski definition) is 3. The molecular weight excluding hydrogens is 332 g/mol. The zero-order valence-electron chi connectivity index (χ0n) is 10.2. The highest BCUT2D eigenvalue weighted by Crippen LogP contribution is 2.25. The van der Waals surface area contributed by atoms with Crippen LogP contribution in [0.15, 0.2) is 34.2 Å². The van der Waals surface area contributed by atoms with Gasteiger partial charge in [0.2, 0.25) is 0 Å². The van der Waals surface area contributed by atoms with Gasteiger partial charge in [0, 0.05) is 27.6 Å². The molecule has 0 amide bonds. The van der Waals surface area contributed by atoms with Crippen LogP contribution in [0.5, 0.6) is 0 Å². The van der Waals surface area contributed by atoms with Crippen LogP contribution >= 0.6 is 38.9 Å². The third kappa shape index (κ3) is 3.32. The second-order valence-corrected chi connectivity index (χ2v) is 6.74. The van der Waals surface area contributed by atoms with Gasteiger partial charge in [0.1, 0.15) is 5.01 Å². The third-order valence-corrected chi connectivity index (χ3v) is 4.77. The van der Waals surface area contributed by atoms with Crippen molar-refractivity contribution in [2.24, 2.45) is 0 Å². The lowest BCUT2D eigenvalue weighted by Crippen LogP contribution is -2.35. The van der Waals surface area contributed by atoms with Crippen molar-refractivity contribution in [2.45, 2.75) is 25.9 Å². The Hall–Kier alpha value is -0.420. The lowest BCUT2D eigenvalue weighted by atomic mass is 10.1. The van der Waals surface area contributed by atoms with Crippen LogP contribution in [0.4, 0.5) is 0 Å². The van der Waals surface area contributed by atoms with E-state index in [0.717, 1.165) is 21.0 Å². The fourth-order valence-corrected chi connectivity index (χ4v) is 3.15. The summed E-state index contributed by atoms with van der Waals surface area (Å²) >= 11 is 11.1. The second-order valence-electron chi connectivity index (χ2n) is 4.55. The van der Waals surface area contributed by atoms with Gasteiger partial charge in [0.05, 0.1) is 5.54 Å². The van der Waals surface area contributed by atoms with E-state index in [1.165, 1.54) is 5.56 Å². The Morgan fingerprint density at radius 3 is 2.83 bits per heavy atom. The van der Waals surface area contributed by atoms with Crippen molar-refractivity contribution in [1.82, 2.24) is 10.3 Å². The van der Waals surface area contributed by atoms with Gasteiger partial charge in [-0.1, -0.05) is 33.6 Å². The van der Waals surface area contributed by atoms with Gasteiger partial charge in [0.25, 0.3) is 0 Å². The molecule has 0 saturated heterocycles. The molecule has 0 saturated carbocycles. The van der Waals surface area contributed by atoms with E-state index in [1.807, 2.05) is 29.8 Å². The van der Waals surface area contributed by atoms with E-state index in [1.54, 1.807) is 11.3 Å². The van der Waals surface area contributed by atoms with Crippen LogP contribution in [0, 0.1) is 0 Å². The van der Waals surface area contributed by atoms with Gasteiger partial charge in [0.15, 0.2) is 0 Å². The lowest BCUT2D eigenvalue weighted by Gasteiger charge is -2.24. The number of hydrogen-bond donors (Lipinski definition) is 1. The summed E-state index contributed by atoms with van der Waals surface area (Å²) in [5, 5.41) is 7.34. The molecule has 18 heavy (non-hydrogen) atoms. The maximum absolute atomic E-state index is 5.93. The minimum Gasteiger partial charge on any atom is -0.302 e. The minimum absolute atomic E-state index is 0.132. The maximum atomic E-state index is 5.93. The van der Waals surface area contributed by atoms with Gasteiger partial charge in [-0.3, -0.25) is 0 Å². The fourth-order valence-electron chi connectivity index (χ4n) is 1.59. The average molecular weight is 346 g/mol. The Kier molecular flexibility index (Phi) is 4.43. The summed E-state index contributed by atoms with van der Waals surface area (Å²) in [6, 6.07) is 5.84. The maximum Gasteiger partial charge on any atom is 0.112 e. The first-order valence-electron chi connectivity index (χ1n) is 5.58. The zero-order valence-corrected chi connectivity index (χ0v) is 13.4. The Labute approximate surface area is 125 Å². The van der Waals surface area contributed by atoms with Gasteiger partial charge in [-0.2, -0.15) is 0 Å². The second kappa shape index (κ2) is 5.70. The summed E-state index contributed by atoms with van der Waals surface area (Å²) in [5.41, 5.74) is 1.05. The smallest absolute Gasteiger partial charge is 0.112 e. The molecule has 2 rings (SSSR count). The van der Waals surface area contributed by atoms with E-state index >= 15 is 0 Å². The Bertz CT molecular complexity index is 526. The van der Waals surface area contributed by atoms with Gasteiger partial charge in [-0.05, 0) is 31.5 Å². The highest BCUT2D eigenvalue weighted by molar-refractivity contribution is 9.10. The minimum atomic E-state index is -0.132. The van der Waals surface area contributed by atoms with Crippen LogP contribution in [0.2, 0.25) is 5.02 Å². The molecule has 2 nitrogen and oxygen atoms in total. The van der Waals surface area contributed by atoms with E-state index in [0.29, 0.717) is 0 Å². The molecule has 0 radical (unpaired) electrons. The van der Waals surface area contributed by atoms with E-state index in [9.17, 15) is 0 Å². The van der Waals surface area contributed by atoms with Gasteiger partial charge < -0.3 is 5.32 Å². The third-order valence-electron chi connectivity index (χ3n) is 2.70. The van der Waals surface area contributed by atoms with E-state index in [2.05, 4.69) is 40.1 Å². The fraction of sp³-hybridized carbons (Fsp3) is 0.308. The first-order chi connectivity index (χ1) is 8.49. The molecule has 1 heterocycles. The van der Waals surface area contributed by atoms with Crippen molar-refractivity contribution in [3.05, 3.63) is 49.8 Å². The molecule has 0 atom stereocenters. The standard InChI is InChI=1S/C13H14BrClN2S/c1-13(2,12-16-5-6-18-12)17-8-9-3-4-10(15)7-11(9)14/h3-7,17H,8H2,1-2H3. The molecule has 0 bridgehead atoms. The van der Waals surface area contributed by atoms with Gasteiger partial charge in [-0.25, -0.2) is 4.98 Å². The molecule has 0 aliphatic heterocycles. The molecule has 0 spiro atoms. The van der Waals surface area contributed by atoms with Crippen LogP contribution in [0.25, 0.3) is 0 Å². The molecule has 96 valence electrons. The number of halogens is 2. The number of nitrogens with zero attached hydrogens (tertiary/aromatic N) is 1. The number of thiazole rings is 1. The molecule has 5 heteroatoms. The summed E-state index contributed by atoms with van der Waals surface area (Å²) < 4.78 is 1.03. The Balaban J connectivity index is 2.07. The zero-order chi connectivity index (χ0) is 13.2. The van der Waals surface area contributed by atoms with Gasteiger partial charge in [-0.15, -0.1) is 11.3 Å². The number of benzene rings is 1. The molecular formula is C13H14BrClN2S. The number of nitrogens with one attached hydrogen (secondary N) is 1. The molecule has 0 aliphatic rings. The predicted molar refractivity (Wildman–Crippen MR) is 81.1 cm³/mol. The summed E-state index contributed by atoms with van der Waals surface area (Å²) in [4.78, 5) is 4.36. The average Bonchev–Trinajstić information content (AvgIpc) is 2.82. The first-order valence-corrected chi connectivity index (χ1v) is 7.63. The van der Waals surface area contributed by atoms with Crippen molar-refractivity contribution in [1.29, 1.82) is 0 Å². The van der Waals surface area contributed by atoms with E-state index in [-0.39, 0.29) is 5.54 Å². The molecule has 2 aromatic rings. The van der Waals surface area contributed by atoms with Crippen LogP contribution in [0.3, 0.4) is 0 Å². The van der Waals surface area contributed by atoms with Crippen molar-refractivity contribution in [2.75, 3.05) is 0 Å². The van der Waals surface area contributed by atoms with Crippen LogP contribution in [0.1, 0.15) is 24.4 Å². The molecule has 0 fully saturated rings.